The lowest BCUT2D eigenvalue weighted by molar-refractivity contribution is -0.119. The third-order valence-corrected chi connectivity index (χ3v) is 4.71. The number of hydrogen-bond acceptors (Lipinski definition) is 7. The van der Waals surface area contributed by atoms with Gasteiger partial charge in [-0.2, -0.15) is 4.98 Å². The topological polar surface area (TPSA) is 138 Å². The molecule has 0 radical (unpaired) electrons. The molecule has 0 spiro atoms. The second kappa shape index (κ2) is 8.56. The third kappa shape index (κ3) is 4.09. The van der Waals surface area contributed by atoms with Crippen LogP contribution in [0.3, 0.4) is 0 Å². The van der Waals surface area contributed by atoms with Gasteiger partial charge in [0.25, 0.3) is 5.56 Å². The quantitative estimate of drug-likeness (QED) is 0.620. The Balaban J connectivity index is 1.94. The first-order valence-electron chi connectivity index (χ1n) is 9.30. The maximum absolute atomic E-state index is 12.4. The molecule has 1 aliphatic rings. The fraction of sp³-hybridized carbons (Fsp3) is 0.526. The maximum Gasteiger partial charge on any atom is 0.263 e. The number of nitrogens with zero attached hydrogens (tertiary/aromatic N) is 2. The minimum absolute atomic E-state index is 0.0227. The number of carbonyl (C=O) groups is 1. The van der Waals surface area contributed by atoms with Crippen molar-refractivity contribution in [3.8, 4) is 11.8 Å². The zero-order valence-corrected chi connectivity index (χ0v) is 16.0. The normalized spacial score (nSPS) is 21.6. The molecule has 3 heterocycles. The number of rotatable bonds is 6. The molecule has 150 valence electrons. The molecule has 9 nitrogen and oxygen atoms in total. The number of nitrogens with one attached hydrogen (secondary N) is 1. The van der Waals surface area contributed by atoms with Gasteiger partial charge in [-0.25, -0.2) is 0 Å². The minimum Gasteiger partial charge on any atom is -0.375 e. The lowest BCUT2D eigenvalue weighted by atomic mass is 10.1. The molecule has 1 aliphatic heterocycles. The van der Waals surface area contributed by atoms with Crippen LogP contribution < -0.4 is 17.0 Å². The van der Waals surface area contributed by atoms with Crippen LogP contribution in [0.2, 0.25) is 0 Å². The van der Waals surface area contributed by atoms with Crippen LogP contribution in [0.15, 0.2) is 11.0 Å². The molecule has 0 unspecified atom stereocenters. The van der Waals surface area contributed by atoms with Gasteiger partial charge >= 0.3 is 0 Å². The number of anilines is 1. The van der Waals surface area contributed by atoms with Crippen molar-refractivity contribution in [1.29, 1.82) is 0 Å². The van der Waals surface area contributed by atoms with Gasteiger partial charge in [-0.05, 0) is 13.3 Å². The largest absolute Gasteiger partial charge is 0.375 e. The van der Waals surface area contributed by atoms with E-state index in [0.717, 1.165) is 6.42 Å². The third-order valence-electron chi connectivity index (χ3n) is 4.71. The van der Waals surface area contributed by atoms with Gasteiger partial charge in [-0.1, -0.05) is 18.8 Å². The van der Waals surface area contributed by atoms with E-state index in [4.69, 9.17) is 20.9 Å². The van der Waals surface area contributed by atoms with E-state index in [-0.39, 0.29) is 42.3 Å². The Hall–Kier alpha value is -2.67. The van der Waals surface area contributed by atoms with Gasteiger partial charge < -0.3 is 25.5 Å². The smallest absolute Gasteiger partial charge is 0.263 e. The van der Waals surface area contributed by atoms with Crippen molar-refractivity contribution >= 4 is 22.8 Å². The molecule has 0 amide bonds. The van der Waals surface area contributed by atoms with Crippen molar-refractivity contribution in [2.75, 3.05) is 18.9 Å². The molecular formula is C19H25N5O4. The standard InChI is InChI=1S/C19H25N5O4/c1-3-13-14(27-8-6-11(2)25)9-15(28-13)24-10-12(5-4-7-20)16-17(24)22-19(21)23-18(16)26/h10,13-15H,3,6-9,20H2,1-2H3,(H3,21,22,23,26)/t13-,14-,15-/m1/s1. The maximum atomic E-state index is 12.4. The second-order valence-corrected chi connectivity index (χ2v) is 6.74. The van der Waals surface area contributed by atoms with Crippen LogP contribution in [-0.2, 0) is 14.3 Å². The average Bonchev–Trinajstić information content (AvgIpc) is 3.20. The molecule has 0 saturated carbocycles. The highest BCUT2D eigenvalue weighted by Crippen LogP contribution is 2.35. The highest BCUT2D eigenvalue weighted by atomic mass is 16.6. The summed E-state index contributed by atoms with van der Waals surface area (Å²) in [5.41, 5.74) is 11.8. The fourth-order valence-electron chi connectivity index (χ4n) is 3.40. The minimum atomic E-state index is -0.378. The van der Waals surface area contributed by atoms with Crippen LogP contribution in [0.4, 0.5) is 5.95 Å². The van der Waals surface area contributed by atoms with Crippen molar-refractivity contribution in [3.63, 3.8) is 0 Å². The lowest BCUT2D eigenvalue weighted by Gasteiger charge is -2.16. The summed E-state index contributed by atoms with van der Waals surface area (Å²) in [4.78, 5) is 30.4. The first-order chi connectivity index (χ1) is 13.4. The molecule has 5 N–H and O–H groups in total. The predicted molar refractivity (Wildman–Crippen MR) is 105 cm³/mol. The van der Waals surface area contributed by atoms with E-state index in [1.807, 2.05) is 6.92 Å². The van der Waals surface area contributed by atoms with E-state index in [0.29, 0.717) is 36.0 Å². The summed E-state index contributed by atoms with van der Waals surface area (Å²) in [5, 5.41) is 0.354. The molecule has 1 fully saturated rings. The Morgan fingerprint density at radius 3 is 3.00 bits per heavy atom. The number of Topliss-reactive ketones (excluding diaryl/α,β-unsaturated/α-hetero) is 1. The molecule has 1 saturated heterocycles. The van der Waals surface area contributed by atoms with Gasteiger partial charge in [0.1, 0.15) is 12.0 Å². The number of aromatic amines is 1. The molecule has 2 aromatic rings. The number of nitrogen functional groups attached to an aromatic ring is 1. The number of H-pyrrole nitrogens is 1. The average molecular weight is 387 g/mol. The highest BCUT2D eigenvalue weighted by Gasteiger charge is 2.37. The molecule has 0 bridgehead atoms. The van der Waals surface area contributed by atoms with E-state index in [1.165, 1.54) is 6.92 Å². The summed E-state index contributed by atoms with van der Waals surface area (Å²) in [6, 6.07) is 0. The van der Waals surface area contributed by atoms with Gasteiger partial charge in [0.05, 0.1) is 36.3 Å². The number of fused-ring (bicyclic) bond motifs is 1. The zero-order chi connectivity index (χ0) is 20.3. The molecule has 3 atom stereocenters. The molecule has 0 aliphatic carbocycles. The van der Waals surface area contributed by atoms with E-state index in [1.54, 1.807) is 10.8 Å². The summed E-state index contributed by atoms with van der Waals surface area (Å²) < 4.78 is 13.8. The van der Waals surface area contributed by atoms with E-state index in [9.17, 15) is 9.59 Å². The van der Waals surface area contributed by atoms with Crippen LogP contribution in [0.1, 0.15) is 44.9 Å². The van der Waals surface area contributed by atoms with Gasteiger partial charge in [0, 0.05) is 19.0 Å². The number of ketones is 1. The van der Waals surface area contributed by atoms with Crippen molar-refractivity contribution < 1.29 is 14.3 Å². The van der Waals surface area contributed by atoms with Crippen molar-refractivity contribution in [3.05, 3.63) is 22.1 Å². The molecular weight excluding hydrogens is 362 g/mol. The number of hydrogen-bond donors (Lipinski definition) is 3. The Morgan fingerprint density at radius 2 is 2.32 bits per heavy atom. The van der Waals surface area contributed by atoms with Gasteiger partial charge in [-0.15, -0.1) is 0 Å². The second-order valence-electron chi connectivity index (χ2n) is 6.74. The van der Waals surface area contributed by atoms with Crippen LogP contribution in [0.25, 0.3) is 11.0 Å². The lowest BCUT2D eigenvalue weighted by Crippen LogP contribution is -2.24. The predicted octanol–water partition coefficient (Wildman–Crippen LogP) is 0.679. The van der Waals surface area contributed by atoms with Crippen LogP contribution in [0, 0.1) is 11.8 Å². The van der Waals surface area contributed by atoms with E-state index >= 15 is 0 Å². The Labute approximate surface area is 162 Å². The summed E-state index contributed by atoms with van der Waals surface area (Å²) >= 11 is 0. The SMILES string of the molecule is CC[C@H]1O[C@@H](n2cc(C#CCN)c3c(=O)[nH]c(N)nc32)C[C@H]1OCCC(C)=O. The highest BCUT2D eigenvalue weighted by molar-refractivity contribution is 5.83. The summed E-state index contributed by atoms with van der Waals surface area (Å²) in [6.07, 6.45) is 2.80. The molecule has 9 heteroatoms. The van der Waals surface area contributed by atoms with E-state index in [2.05, 4.69) is 21.8 Å². The molecule has 0 aromatic carbocycles. The summed E-state index contributed by atoms with van der Waals surface area (Å²) in [5.74, 6) is 5.79. The number of ether oxygens (including phenoxy) is 2. The van der Waals surface area contributed by atoms with Gasteiger partial charge in [-0.3, -0.25) is 14.6 Å². The van der Waals surface area contributed by atoms with Crippen LogP contribution >= 0.6 is 0 Å². The van der Waals surface area contributed by atoms with Crippen LogP contribution in [0.5, 0.6) is 0 Å². The van der Waals surface area contributed by atoms with Crippen molar-refractivity contribution in [2.24, 2.45) is 5.73 Å². The fourth-order valence-corrected chi connectivity index (χ4v) is 3.40. The first kappa shape index (κ1) is 20.1. The molecule has 3 rings (SSSR count). The first-order valence-corrected chi connectivity index (χ1v) is 9.30. The van der Waals surface area contributed by atoms with Gasteiger partial charge in [0.15, 0.2) is 5.65 Å². The van der Waals surface area contributed by atoms with E-state index < -0.39 is 0 Å². The van der Waals surface area contributed by atoms with Crippen molar-refractivity contribution in [1.82, 2.24) is 14.5 Å². The number of nitrogens with two attached hydrogens (primary N) is 2. The molecule has 28 heavy (non-hydrogen) atoms. The Morgan fingerprint density at radius 1 is 1.54 bits per heavy atom. The van der Waals surface area contributed by atoms with Gasteiger partial charge in [0.2, 0.25) is 5.95 Å². The summed E-state index contributed by atoms with van der Waals surface area (Å²) in [6.45, 7) is 4.09. The van der Waals surface area contributed by atoms with Crippen LogP contribution in [-0.4, -0.2) is 45.7 Å². The summed E-state index contributed by atoms with van der Waals surface area (Å²) in [7, 11) is 0. The Bertz CT molecular complexity index is 984. The number of carbonyl (C=O) groups excluding carboxylic acids is 1. The zero-order valence-electron chi connectivity index (χ0n) is 16.0. The molecule has 2 aromatic heterocycles. The van der Waals surface area contributed by atoms with Crippen molar-refractivity contribution in [2.45, 2.75) is 51.5 Å². The number of aromatic nitrogens is 3. The monoisotopic (exact) mass is 387 g/mol. The Kier molecular flexibility index (Phi) is 6.14.